The Balaban J connectivity index is 2.12. The molecule has 0 fully saturated rings. The van der Waals surface area contributed by atoms with Gasteiger partial charge in [0, 0.05) is 18.0 Å². The maximum Gasteiger partial charge on any atom is 0.270 e. The van der Waals surface area contributed by atoms with Crippen LogP contribution < -0.4 is 15.6 Å². The second-order valence-corrected chi connectivity index (χ2v) is 5.09. The van der Waals surface area contributed by atoms with Crippen molar-refractivity contribution in [3.63, 3.8) is 0 Å². The minimum atomic E-state index is -0.947. The van der Waals surface area contributed by atoms with E-state index in [1.54, 1.807) is 36.5 Å². The normalized spacial score (nSPS) is 10.6. The number of hydrogen-bond donors (Lipinski definition) is 1. The van der Waals surface area contributed by atoms with Crippen LogP contribution >= 0.6 is 0 Å². The number of benzene rings is 1. The highest BCUT2D eigenvalue weighted by Gasteiger charge is 2.13. The molecule has 1 aromatic carbocycles. The van der Waals surface area contributed by atoms with E-state index in [1.165, 1.54) is 4.40 Å². The number of aromatic nitrogens is 2. The van der Waals surface area contributed by atoms with Crippen molar-refractivity contribution in [2.24, 2.45) is 0 Å². The zero-order chi connectivity index (χ0) is 17.1. The van der Waals surface area contributed by atoms with Gasteiger partial charge in [0.1, 0.15) is 22.8 Å². The third-order valence-corrected chi connectivity index (χ3v) is 3.52. The molecule has 0 saturated carbocycles. The number of carbonyl (C=O) groups is 1. The molecule has 0 aliphatic carbocycles. The van der Waals surface area contributed by atoms with E-state index in [0.717, 1.165) is 5.56 Å². The third kappa shape index (κ3) is 2.83. The minimum Gasteiger partial charge on any atom is -0.463 e. The van der Waals surface area contributed by atoms with Crippen LogP contribution in [0.5, 0.6) is 5.75 Å². The number of rotatable bonds is 5. The van der Waals surface area contributed by atoms with Gasteiger partial charge < -0.3 is 10.1 Å². The Morgan fingerprint density at radius 3 is 2.92 bits per heavy atom. The van der Waals surface area contributed by atoms with Crippen molar-refractivity contribution in [1.29, 1.82) is 0 Å². The van der Waals surface area contributed by atoms with Gasteiger partial charge in [0.25, 0.3) is 5.56 Å². The number of anilines is 2. The van der Waals surface area contributed by atoms with E-state index in [-0.39, 0.29) is 11.4 Å². The minimum absolute atomic E-state index is 0.0880. The summed E-state index contributed by atoms with van der Waals surface area (Å²) >= 11 is 0. The fraction of sp³-hybridized carbons (Fsp3) is 0.118. The van der Waals surface area contributed by atoms with E-state index >= 15 is 0 Å². The summed E-state index contributed by atoms with van der Waals surface area (Å²) in [5.74, 6) is 0.463. The van der Waals surface area contributed by atoms with Crippen molar-refractivity contribution in [2.45, 2.75) is 6.92 Å². The summed E-state index contributed by atoms with van der Waals surface area (Å²) in [6.45, 7) is 0.875. The summed E-state index contributed by atoms with van der Waals surface area (Å²) < 4.78 is 18.4. The standard InChI is InChI=1S/C17H14FN3O3/c1-11-4-3-7-21-16(11)20-15(14(9-22)17(21)23)19-12-5-2-6-13(8-12)24-10-18/h2-9,19H,10H2,1H3. The van der Waals surface area contributed by atoms with E-state index in [2.05, 4.69) is 10.3 Å². The second-order valence-electron chi connectivity index (χ2n) is 5.09. The molecule has 3 aromatic rings. The van der Waals surface area contributed by atoms with Crippen LogP contribution in [0.1, 0.15) is 15.9 Å². The molecule has 3 rings (SSSR count). The van der Waals surface area contributed by atoms with Crippen molar-refractivity contribution in [1.82, 2.24) is 9.38 Å². The maximum absolute atomic E-state index is 12.5. The van der Waals surface area contributed by atoms with E-state index in [0.29, 0.717) is 23.4 Å². The lowest BCUT2D eigenvalue weighted by molar-refractivity contribution is 0.112. The van der Waals surface area contributed by atoms with Crippen LogP contribution in [0.15, 0.2) is 47.4 Å². The first-order valence-corrected chi connectivity index (χ1v) is 7.17. The average molecular weight is 327 g/mol. The number of pyridine rings is 1. The largest absolute Gasteiger partial charge is 0.463 e. The fourth-order valence-corrected chi connectivity index (χ4v) is 2.38. The van der Waals surface area contributed by atoms with E-state index < -0.39 is 12.4 Å². The van der Waals surface area contributed by atoms with Crippen LogP contribution in [-0.2, 0) is 0 Å². The molecule has 0 amide bonds. The van der Waals surface area contributed by atoms with Gasteiger partial charge in [-0.3, -0.25) is 14.0 Å². The Bertz CT molecular complexity index is 969. The lowest BCUT2D eigenvalue weighted by Gasteiger charge is -2.11. The number of nitrogens with zero attached hydrogens (tertiary/aromatic N) is 2. The van der Waals surface area contributed by atoms with Gasteiger partial charge in [-0.1, -0.05) is 12.1 Å². The molecule has 2 heterocycles. The molecule has 24 heavy (non-hydrogen) atoms. The van der Waals surface area contributed by atoms with Gasteiger partial charge in [0.05, 0.1) is 0 Å². The van der Waals surface area contributed by atoms with Gasteiger partial charge in [0.2, 0.25) is 6.86 Å². The Morgan fingerprint density at radius 2 is 2.17 bits per heavy atom. The highest BCUT2D eigenvalue weighted by Crippen LogP contribution is 2.22. The molecule has 0 bridgehead atoms. The molecule has 0 radical (unpaired) electrons. The maximum atomic E-state index is 12.5. The molecule has 0 spiro atoms. The van der Waals surface area contributed by atoms with Crippen LogP contribution in [0.25, 0.3) is 5.65 Å². The SMILES string of the molecule is Cc1cccn2c(=O)c(C=O)c(Nc3cccc(OCF)c3)nc12. The molecule has 122 valence electrons. The zero-order valence-electron chi connectivity index (χ0n) is 12.8. The first kappa shape index (κ1) is 15.7. The zero-order valence-corrected chi connectivity index (χ0v) is 12.8. The quantitative estimate of drug-likeness (QED) is 0.730. The van der Waals surface area contributed by atoms with Crippen LogP contribution in [0.2, 0.25) is 0 Å². The number of hydrogen-bond acceptors (Lipinski definition) is 5. The molecule has 0 saturated heterocycles. The Kier molecular flexibility index (Phi) is 4.24. The first-order valence-electron chi connectivity index (χ1n) is 7.17. The van der Waals surface area contributed by atoms with Gasteiger partial charge in [-0.15, -0.1) is 0 Å². The topological polar surface area (TPSA) is 72.7 Å². The van der Waals surface area contributed by atoms with Crippen molar-refractivity contribution in [2.75, 3.05) is 12.2 Å². The van der Waals surface area contributed by atoms with Crippen molar-refractivity contribution < 1.29 is 13.9 Å². The number of alkyl halides is 1. The summed E-state index contributed by atoms with van der Waals surface area (Å²) in [7, 11) is 0. The van der Waals surface area contributed by atoms with Gasteiger partial charge in [0.15, 0.2) is 6.29 Å². The summed E-state index contributed by atoms with van der Waals surface area (Å²) in [5, 5.41) is 2.92. The van der Waals surface area contributed by atoms with Crippen LogP contribution in [0.4, 0.5) is 15.9 Å². The van der Waals surface area contributed by atoms with Gasteiger partial charge >= 0.3 is 0 Å². The number of aldehydes is 1. The lowest BCUT2D eigenvalue weighted by Crippen LogP contribution is -2.22. The monoisotopic (exact) mass is 327 g/mol. The number of halogens is 1. The highest BCUT2D eigenvalue weighted by molar-refractivity contribution is 5.84. The Labute approximate surface area is 136 Å². The van der Waals surface area contributed by atoms with Gasteiger partial charge in [-0.25, -0.2) is 9.37 Å². The van der Waals surface area contributed by atoms with Gasteiger partial charge in [-0.2, -0.15) is 0 Å². The number of ether oxygens (including phenoxy) is 1. The number of nitrogens with one attached hydrogen (secondary N) is 1. The molecular formula is C17H14FN3O3. The highest BCUT2D eigenvalue weighted by atomic mass is 19.1. The van der Waals surface area contributed by atoms with Crippen molar-refractivity contribution >= 4 is 23.4 Å². The molecule has 0 atom stereocenters. The van der Waals surface area contributed by atoms with Crippen molar-refractivity contribution in [3.8, 4) is 5.75 Å². The Hall–Kier alpha value is -3.22. The smallest absolute Gasteiger partial charge is 0.270 e. The van der Waals surface area contributed by atoms with E-state index in [1.807, 2.05) is 13.0 Å². The molecule has 2 aromatic heterocycles. The van der Waals surface area contributed by atoms with Crippen molar-refractivity contribution in [3.05, 3.63) is 64.1 Å². The lowest BCUT2D eigenvalue weighted by atomic mass is 10.2. The number of fused-ring (bicyclic) bond motifs is 1. The molecule has 0 aliphatic rings. The third-order valence-electron chi connectivity index (χ3n) is 3.52. The summed E-state index contributed by atoms with van der Waals surface area (Å²) in [6.07, 6.45) is 2.03. The Morgan fingerprint density at radius 1 is 1.33 bits per heavy atom. The summed E-state index contributed by atoms with van der Waals surface area (Å²) in [5.41, 5.74) is 1.22. The first-order chi connectivity index (χ1) is 11.6. The van der Waals surface area contributed by atoms with Crippen LogP contribution in [-0.4, -0.2) is 22.5 Å². The molecular weight excluding hydrogens is 313 g/mol. The van der Waals surface area contributed by atoms with E-state index in [9.17, 15) is 14.0 Å². The molecule has 0 aliphatic heterocycles. The summed E-state index contributed by atoms with van der Waals surface area (Å²) in [4.78, 5) is 28.2. The number of carbonyl (C=O) groups excluding carboxylic acids is 1. The molecule has 7 heteroatoms. The molecule has 1 N–H and O–H groups in total. The number of aryl methyl sites for hydroxylation is 1. The van der Waals surface area contributed by atoms with Crippen LogP contribution in [0.3, 0.4) is 0 Å². The second kappa shape index (κ2) is 6.49. The predicted molar refractivity (Wildman–Crippen MR) is 87.9 cm³/mol. The average Bonchev–Trinajstić information content (AvgIpc) is 2.57. The van der Waals surface area contributed by atoms with E-state index in [4.69, 9.17) is 4.74 Å². The summed E-state index contributed by atoms with van der Waals surface area (Å²) in [6, 6.07) is 10.0. The molecule has 6 nitrogen and oxygen atoms in total. The molecule has 0 unspecified atom stereocenters. The predicted octanol–water partition coefficient (Wildman–Crippen LogP) is 2.86. The fourth-order valence-electron chi connectivity index (χ4n) is 2.38. The van der Waals surface area contributed by atoms with Gasteiger partial charge in [-0.05, 0) is 30.7 Å². The van der Waals surface area contributed by atoms with Crippen LogP contribution in [0, 0.1) is 6.92 Å².